The lowest BCUT2D eigenvalue weighted by Gasteiger charge is -2.06. The normalized spacial score (nSPS) is 11.0. The van der Waals surface area contributed by atoms with Gasteiger partial charge in [-0.25, -0.2) is 9.97 Å². The van der Waals surface area contributed by atoms with Crippen LogP contribution in [0, 0.1) is 0 Å². The van der Waals surface area contributed by atoms with Crippen molar-refractivity contribution in [1.82, 2.24) is 19.7 Å². The summed E-state index contributed by atoms with van der Waals surface area (Å²) in [7, 11) is 1.82. The van der Waals surface area contributed by atoms with Crippen molar-refractivity contribution in [3.8, 4) is 5.75 Å². The number of rotatable bonds is 4. The van der Waals surface area contributed by atoms with E-state index in [9.17, 15) is 0 Å². The largest absolute Gasteiger partial charge is 0.486 e. The Kier molecular flexibility index (Phi) is 3.75. The molecule has 0 N–H and O–H groups in total. The van der Waals surface area contributed by atoms with E-state index in [0.717, 1.165) is 17.6 Å². The molecule has 0 aliphatic rings. The summed E-state index contributed by atoms with van der Waals surface area (Å²) >= 11 is 6.14. The fourth-order valence-corrected chi connectivity index (χ4v) is 2.29. The molecule has 0 aliphatic heterocycles. The lowest BCUT2D eigenvalue weighted by molar-refractivity contribution is 0.296. The van der Waals surface area contributed by atoms with E-state index < -0.39 is 0 Å². The van der Waals surface area contributed by atoms with Gasteiger partial charge in [-0.05, 0) is 24.1 Å². The van der Waals surface area contributed by atoms with Gasteiger partial charge in [0.1, 0.15) is 17.5 Å². The maximum Gasteiger partial charge on any atom is 0.170 e. The minimum Gasteiger partial charge on any atom is -0.486 e. The Balaban J connectivity index is 1.79. The number of halogens is 1. The van der Waals surface area contributed by atoms with Crippen LogP contribution in [0.3, 0.4) is 0 Å². The van der Waals surface area contributed by atoms with Crippen molar-refractivity contribution >= 4 is 22.6 Å². The van der Waals surface area contributed by atoms with Crippen LogP contribution in [0.1, 0.15) is 18.3 Å². The van der Waals surface area contributed by atoms with Gasteiger partial charge in [0.15, 0.2) is 11.5 Å². The summed E-state index contributed by atoms with van der Waals surface area (Å²) in [5, 5.41) is 5.27. The second kappa shape index (κ2) is 5.69. The third-order valence-electron chi connectivity index (χ3n) is 3.29. The number of ether oxygens (including phenoxy) is 1. The molecule has 6 heteroatoms. The first-order chi connectivity index (χ1) is 10.2. The van der Waals surface area contributed by atoms with E-state index >= 15 is 0 Å². The quantitative estimate of drug-likeness (QED) is 0.695. The van der Waals surface area contributed by atoms with Gasteiger partial charge in [-0.2, -0.15) is 5.10 Å². The van der Waals surface area contributed by atoms with Gasteiger partial charge in [-0.15, -0.1) is 0 Å². The summed E-state index contributed by atoms with van der Waals surface area (Å²) in [5.41, 5.74) is 1.98. The van der Waals surface area contributed by atoms with Gasteiger partial charge in [0, 0.05) is 7.05 Å². The Morgan fingerprint density at radius 1 is 1.19 bits per heavy atom. The molecule has 2 heterocycles. The van der Waals surface area contributed by atoms with Crippen molar-refractivity contribution < 1.29 is 4.74 Å². The van der Waals surface area contributed by atoms with E-state index in [1.54, 1.807) is 10.9 Å². The average Bonchev–Trinajstić information content (AvgIpc) is 2.88. The van der Waals surface area contributed by atoms with Crippen LogP contribution in [-0.4, -0.2) is 19.7 Å². The molecule has 3 rings (SSSR count). The van der Waals surface area contributed by atoms with Crippen molar-refractivity contribution in [1.29, 1.82) is 0 Å². The number of aromatic nitrogens is 4. The second-order valence-electron chi connectivity index (χ2n) is 4.72. The van der Waals surface area contributed by atoms with Crippen LogP contribution < -0.4 is 4.74 Å². The fraction of sp³-hybridized carbons (Fsp3) is 0.267. The van der Waals surface area contributed by atoms with Crippen molar-refractivity contribution in [2.75, 3.05) is 0 Å². The first-order valence-corrected chi connectivity index (χ1v) is 7.11. The maximum absolute atomic E-state index is 6.14. The first-order valence-electron chi connectivity index (χ1n) is 6.73. The summed E-state index contributed by atoms with van der Waals surface area (Å²) < 4.78 is 7.37. The molecule has 108 valence electrons. The zero-order valence-corrected chi connectivity index (χ0v) is 12.6. The topological polar surface area (TPSA) is 52.8 Å². The zero-order valence-electron chi connectivity index (χ0n) is 11.9. The number of aryl methyl sites for hydroxylation is 2. The summed E-state index contributed by atoms with van der Waals surface area (Å²) in [6.45, 7) is 2.39. The van der Waals surface area contributed by atoms with Gasteiger partial charge < -0.3 is 4.74 Å². The lowest BCUT2D eigenvalue weighted by atomic mass is 10.2. The second-order valence-corrected chi connectivity index (χ2v) is 5.08. The van der Waals surface area contributed by atoms with E-state index in [0.29, 0.717) is 16.6 Å². The third-order valence-corrected chi connectivity index (χ3v) is 3.58. The molecule has 0 unspecified atom stereocenters. The highest BCUT2D eigenvalue weighted by molar-refractivity contribution is 6.33. The molecule has 1 aromatic carbocycles. The van der Waals surface area contributed by atoms with Gasteiger partial charge in [0.2, 0.25) is 0 Å². The predicted molar refractivity (Wildman–Crippen MR) is 81.5 cm³/mol. The van der Waals surface area contributed by atoms with E-state index in [2.05, 4.69) is 22.0 Å². The minimum atomic E-state index is 0.270. The van der Waals surface area contributed by atoms with E-state index in [1.165, 1.54) is 5.56 Å². The van der Waals surface area contributed by atoms with Gasteiger partial charge in [0.25, 0.3) is 0 Å². The van der Waals surface area contributed by atoms with Crippen LogP contribution in [0.25, 0.3) is 11.0 Å². The molecule has 0 saturated heterocycles. The molecule has 0 fully saturated rings. The SMILES string of the molecule is CCc1ccc(OCc2nc(Cl)c3cnn(C)c3n2)cc1. The molecule has 2 aromatic heterocycles. The molecule has 3 aromatic rings. The molecule has 0 bridgehead atoms. The van der Waals surface area contributed by atoms with Crippen LogP contribution in [0.15, 0.2) is 30.5 Å². The fourth-order valence-electron chi connectivity index (χ4n) is 2.06. The smallest absolute Gasteiger partial charge is 0.170 e. The van der Waals surface area contributed by atoms with Crippen LogP contribution >= 0.6 is 11.6 Å². The predicted octanol–water partition coefficient (Wildman–Crippen LogP) is 3.16. The number of fused-ring (bicyclic) bond motifs is 1. The summed E-state index contributed by atoms with van der Waals surface area (Å²) in [4.78, 5) is 8.66. The monoisotopic (exact) mass is 302 g/mol. The minimum absolute atomic E-state index is 0.270. The van der Waals surface area contributed by atoms with E-state index in [-0.39, 0.29) is 6.61 Å². The van der Waals surface area contributed by atoms with Crippen molar-refractivity contribution in [3.05, 3.63) is 47.0 Å². The molecule has 0 atom stereocenters. The molecule has 0 spiro atoms. The molecule has 5 nitrogen and oxygen atoms in total. The summed E-state index contributed by atoms with van der Waals surface area (Å²) in [6.07, 6.45) is 2.67. The Morgan fingerprint density at radius 2 is 1.95 bits per heavy atom. The first kappa shape index (κ1) is 13.8. The van der Waals surface area contributed by atoms with Crippen LogP contribution in [0.4, 0.5) is 0 Å². The zero-order chi connectivity index (χ0) is 14.8. The molecular weight excluding hydrogens is 288 g/mol. The highest BCUT2D eigenvalue weighted by Gasteiger charge is 2.10. The number of benzene rings is 1. The van der Waals surface area contributed by atoms with Crippen LogP contribution in [-0.2, 0) is 20.1 Å². The number of hydrogen-bond donors (Lipinski definition) is 0. The van der Waals surface area contributed by atoms with E-state index in [1.807, 2.05) is 31.3 Å². The highest BCUT2D eigenvalue weighted by Crippen LogP contribution is 2.20. The highest BCUT2D eigenvalue weighted by atomic mass is 35.5. The Hall–Kier alpha value is -2.14. The number of hydrogen-bond acceptors (Lipinski definition) is 4. The van der Waals surface area contributed by atoms with Crippen molar-refractivity contribution in [2.45, 2.75) is 20.0 Å². The van der Waals surface area contributed by atoms with Gasteiger partial charge in [-0.3, -0.25) is 4.68 Å². The third kappa shape index (κ3) is 2.83. The van der Waals surface area contributed by atoms with Gasteiger partial charge in [-0.1, -0.05) is 30.7 Å². The number of nitrogens with zero attached hydrogens (tertiary/aromatic N) is 4. The molecule has 0 saturated carbocycles. The van der Waals surface area contributed by atoms with Crippen molar-refractivity contribution in [3.63, 3.8) is 0 Å². The summed E-state index contributed by atoms with van der Waals surface area (Å²) in [5.74, 6) is 1.33. The van der Waals surface area contributed by atoms with Crippen LogP contribution in [0.5, 0.6) is 5.75 Å². The maximum atomic E-state index is 6.14. The van der Waals surface area contributed by atoms with Gasteiger partial charge >= 0.3 is 0 Å². The Morgan fingerprint density at radius 3 is 2.67 bits per heavy atom. The average molecular weight is 303 g/mol. The molecule has 0 radical (unpaired) electrons. The van der Waals surface area contributed by atoms with Gasteiger partial charge in [0.05, 0.1) is 11.6 Å². The lowest BCUT2D eigenvalue weighted by Crippen LogP contribution is -2.03. The summed E-state index contributed by atoms with van der Waals surface area (Å²) in [6, 6.07) is 7.99. The van der Waals surface area contributed by atoms with E-state index in [4.69, 9.17) is 16.3 Å². The van der Waals surface area contributed by atoms with Crippen molar-refractivity contribution in [2.24, 2.45) is 7.05 Å². The molecule has 21 heavy (non-hydrogen) atoms. The Labute approximate surface area is 127 Å². The molecule has 0 amide bonds. The standard InChI is InChI=1S/C15H15ClN4O/c1-3-10-4-6-11(7-5-10)21-9-13-18-14(16)12-8-17-20(2)15(12)19-13/h4-8H,3,9H2,1-2H3. The van der Waals surface area contributed by atoms with Crippen LogP contribution in [0.2, 0.25) is 5.15 Å². The molecule has 0 aliphatic carbocycles. The molecular formula is C15H15ClN4O. The Bertz CT molecular complexity index is 767.